The molecule has 0 aliphatic rings. The Labute approximate surface area is 290 Å². The zero-order valence-corrected chi connectivity index (χ0v) is 32.2. The van der Waals surface area contributed by atoms with Gasteiger partial charge in [0, 0.05) is 13.0 Å². The highest BCUT2D eigenvalue weighted by Crippen LogP contribution is 2.19. The second-order valence-corrected chi connectivity index (χ2v) is 14.5. The van der Waals surface area contributed by atoms with E-state index in [0.29, 0.717) is 0 Å². The van der Waals surface area contributed by atoms with Gasteiger partial charge in [-0.05, 0) is 104 Å². The van der Waals surface area contributed by atoms with Gasteiger partial charge in [0.2, 0.25) is 0 Å². The number of rotatable bonds is 35. The molecule has 0 spiro atoms. The summed E-state index contributed by atoms with van der Waals surface area (Å²) in [6.07, 6.45) is 49.6. The van der Waals surface area contributed by atoms with Crippen molar-refractivity contribution >= 4 is 5.71 Å². The van der Waals surface area contributed by atoms with Crippen LogP contribution in [-0.2, 0) is 4.84 Å². The van der Waals surface area contributed by atoms with E-state index in [4.69, 9.17) is 4.84 Å². The van der Waals surface area contributed by atoms with Crippen molar-refractivity contribution in [3.8, 4) is 0 Å². The zero-order chi connectivity index (χ0) is 33.8. The van der Waals surface area contributed by atoms with Crippen molar-refractivity contribution in [2.75, 3.05) is 20.6 Å². The molecule has 0 aliphatic heterocycles. The maximum absolute atomic E-state index is 6.14. The maximum Gasteiger partial charge on any atom is 0.127 e. The molecular formula is C43H82N2O. The Bertz CT molecular complexity index is 722. The van der Waals surface area contributed by atoms with Crippen LogP contribution in [0, 0.1) is 5.92 Å². The molecule has 0 saturated carbocycles. The van der Waals surface area contributed by atoms with Gasteiger partial charge in [-0.25, -0.2) is 0 Å². The van der Waals surface area contributed by atoms with Gasteiger partial charge in [-0.1, -0.05) is 152 Å². The lowest BCUT2D eigenvalue weighted by molar-refractivity contribution is 0.0424. The second kappa shape index (κ2) is 36.5. The van der Waals surface area contributed by atoms with Crippen LogP contribution < -0.4 is 0 Å². The summed E-state index contributed by atoms with van der Waals surface area (Å²) in [5.74, 6) is 0.835. The first kappa shape index (κ1) is 44.6. The first-order valence-corrected chi connectivity index (χ1v) is 20.3. The van der Waals surface area contributed by atoms with Crippen molar-refractivity contribution in [1.29, 1.82) is 0 Å². The van der Waals surface area contributed by atoms with E-state index in [1.807, 2.05) is 0 Å². The Morgan fingerprint density at radius 1 is 0.587 bits per heavy atom. The average molecular weight is 643 g/mol. The molecule has 0 aromatic rings. The van der Waals surface area contributed by atoms with Crippen LogP contribution in [0.2, 0.25) is 0 Å². The summed E-state index contributed by atoms with van der Waals surface area (Å²) in [5.41, 5.74) is 1.12. The fourth-order valence-corrected chi connectivity index (χ4v) is 5.85. The van der Waals surface area contributed by atoms with E-state index in [1.165, 1.54) is 148 Å². The zero-order valence-electron chi connectivity index (χ0n) is 32.2. The molecule has 0 aliphatic carbocycles. The van der Waals surface area contributed by atoms with Crippen LogP contribution in [0.3, 0.4) is 0 Å². The lowest BCUT2D eigenvalue weighted by Crippen LogP contribution is -2.16. The molecule has 0 fully saturated rings. The van der Waals surface area contributed by atoms with Gasteiger partial charge in [-0.2, -0.15) is 0 Å². The third-order valence-electron chi connectivity index (χ3n) is 9.16. The third kappa shape index (κ3) is 35.5. The van der Waals surface area contributed by atoms with E-state index in [1.54, 1.807) is 0 Å². The molecule has 0 aromatic heterocycles. The highest BCUT2D eigenvalue weighted by Gasteiger charge is 2.10. The van der Waals surface area contributed by atoms with Gasteiger partial charge in [0.25, 0.3) is 0 Å². The molecule has 0 radical (unpaired) electrons. The fourth-order valence-electron chi connectivity index (χ4n) is 5.85. The van der Waals surface area contributed by atoms with Gasteiger partial charge in [0.15, 0.2) is 0 Å². The normalized spacial score (nSPS) is 14.0. The van der Waals surface area contributed by atoms with E-state index >= 15 is 0 Å². The number of oxime groups is 1. The Balaban J connectivity index is 4.08. The smallest absolute Gasteiger partial charge is 0.127 e. The van der Waals surface area contributed by atoms with Crippen LogP contribution in [-0.4, -0.2) is 37.4 Å². The molecule has 0 heterocycles. The van der Waals surface area contributed by atoms with E-state index < -0.39 is 0 Å². The van der Waals surface area contributed by atoms with E-state index in [0.717, 1.165) is 43.9 Å². The Morgan fingerprint density at radius 2 is 1.04 bits per heavy atom. The van der Waals surface area contributed by atoms with Crippen LogP contribution in [0.4, 0.5) is 0 Å². The number of hydrogen-bond donors (Lipinski definition) is 0. The molecule has 0 bridgehead atoms. The van der Waals surface area contributed by atoms with Gasteiger partial charge in [0.1, 0.15) is 6.10 Å². The lowest BCUT2D eigenvalue weighted by Gasteiger charge is -2.16. The van der Waals surface area contributed by atoms with E-state index in [9.17, 15) is 0 Å². The molecule has 0 saturated heterocycles. The van der Waals surface area contributed by atoms with Gasteiger partial charge in [-0.15, -0.1) is 0 Å². The molecule has 0 rings (SSSR count). The summed E-state index contributed by atoms with van der Waals surface area (Å²) in [6.45, 7) is 10.1. The number of allylic oxidation sites excluding steroid dienone is 6. The first-order chi connectivity index (χ1) is 22.5. The average Bonchev–Trinajstić information content (AvgIpc) is 3.04. The van der Waals surface area contributed by atoms with Crippen molar-refractivity contribution in [1.82, 2.24) is 4.90 Å². The number of nitrogens with zero attached hydrogens (tertiary/aromatic N) is 2. The van der Waals surface area contributed by atoms with E-state index in [-0.39, 0.29) is 6.10 Å². The highest BCUT2D eigenvalue weighted by atomic mass is 16.6. The third-order valence-corrected chi connectivity index (χ3v) is 9.16. The summed E-state index contributed by atoms with van der Waals surface area (Å²) in [6, 6.07) is 0. The van der Waals surface area contributed by atoms with Crippen LogP contribution in [0.25, 0.3) is 0 Å². The first-order valence-electron chi connectivity index (χ1n) is 20.3. The minimum absolute atomic E-state index is 0.288. The molecule has 2 unspecified atom stereocenters. The van der Waals surface area contributed by atoms with E-state index in [2.05, 4.69) is 88.3 Å². The minimum Gasteiger partial charge on any atom is -0.393 e. The second-order valence-electron chi connectivity index (χ2n) is 14.5. The summed E-state index contributed by atoms with van der Waals surface area (Å²) in [7, 11) is 4.24. The Hall–Kier alpha value is -1.35. The fraction of sp³-hybridized carbons (Fsp3) is 0.837. The Morgan fingerprint density at radius 3 is 1.57 bits per heavy atom. The largest absolute Gasteiger partial charge is 0.393 e. The molecule has 0 amide bonds. The molecule has 46 heavy (non-hydrogen) atoms. The summed E-state index contributed by atoms with van der Waals surface area (Å²) < 4.78 is 0. The lowest BCUT2D eigenvalue weighted by atomic mass is 9.98. The van der Waals surface area contributed by atoms with Crippen molar-refractivity contribution in [2.45, 2.75) is 207 Å². The number of hydrogen-bond acceptors (Lipinski definition) is 3. The predicted molar refractivity (Wildman–Crippen MR) is 209 cm³/mol. The molecule has 0 N–H and O–H groups in total. The monoisotopic (exact) mass is 643 g/mol. The molecule has 2 atom stereocenters. The SMILES string of the molecule is CCCCC/C=C\C/C=C\CCCCCCCCC(CCCCCCCCC(C)C/C=C\CCCCC)ON=C(C)CCN(C)C. The molecule has 0 aromatic carbocycles. The van der Waals surface area contributed by atoms with Crippen LogP contribution in [0.5, 0.6) is 0 Å². The van der Waals surface area contributed by atoms with Gasteiger partial charge in [-0.3, -0.25) is 0 Å². The topological polar surface area (TPSA) is 24.8 Å². The predicted octanol–water partition coefficient (Wildman–Crippen LogP) is 14.2. The molecule has 270 valence electrons. The molecule has 3 nitrogen and oxygen atoms in total. The Kier molecular flexibility index (Phi) is 35.4. The molecular weight excluding hydrogens is 560 g/mol. The standard InChI is InChI=1S/C43H82N2O/c1-7-9-11-13-15-16-17-18-19-20-21-22-23-24-29-33-37-43(46-44-42(4)39-40-45(5)6)38-34-30-26-25-28-32-36-41(3)35-31-27-14-12-10-8-2/h15-16,18-19,27,31,41,43H,7-14,17,20-26,28-30,32-40H2,1-6H3/b16-15-,19-18-,31-27-,44-42?. The van der Waals surface area contributed by atoms with Crippen molar-refractivity contribution in [3.63, 3.8) is 0 Å². The summed E-state index contributed by atoms with van der Waals surface area (Å²) in [4.78, 5) is 8.36. The van der Waals surface area contributed by atoms with Crippen LogP contribution in [0.15, 0.2) is 41.6 Å². The summed E-state index contributed by atoms with van der Waals surface area (Å²) >= 11 is 0. The van der Waals surface area contributed by atoms with Crippen LogP contribution >= 0.6 is 0 Å². The van der Waals surface area contributed by atoms with Crippen molar-refractivity contribution in [3.05, 3.63) is 36.5 Å². The van der Waals surface area contributed by atoms with Gasteiger partial charge < -0.3 is 9.74 Å². The minimum atomic E-state index is 0.288. The van der Waals surface area contributed by atoms with Crippen molar-refractivity contribution in [2.24, 2.45) is 11.1 Å². The van der Waals surface area contributed by atoms with Crippen molar-refractivity contribution < 1.29 is 4.84 Å². The van der Waals surface area contributed by atoms with Gasteiger partial charge >= 0.3 is 0 Å². The number of unbranched alkanes of at least 4 members (excludes halogenated alkanes) is 17. The summed E-state index contributed by atoms with van der Waals surface area (Å²) in [5, 5.41) is 4.56. The highest BCUT2D eigenvalue weighted by molar-refractivity contribution is 5.81. The van der Waals surface area contributed by atoms with Gasteiger partial charge in [0.05, 0.1) is 5.71 Å². The maximum atomic E-state index is 6.14. The van der Waals surface area contributed by atoms with Crippen LogP contribution in [0.1, 0.15) is 201 Å². The molecule has 3 heteroatoms. The quantitative estimate of drug-likeness (QED) is 0.0297.